The zero-order chi connectivity index (χ0) is 6.73. The third-order valence-electron chi connectivity index (χ3n) is 0.710. The maximum Gasteiger partial charge on any atom is 1.00 e. The van der Waals surface area contributed by atoms with Crippen LogP contribution in [0.25, 0.3) is 0 Å². The molecule has 56 valence electrons. The van der Waals surface area contributed by atoms with Gasteiger partial charge in [-0.15, -0.1) is 0 Å². The van der Waals surface area contributed by atoms with Gasteiger partial charge in [0, 0.05) is 0 Å². The first kappa shape index (κ1) is 16.7. The normalized spacial score (nSPS) is 13.9. The third kappa shape index (κ3) is 6.47. The van der Waals surface area contributed by atoms with Crippen LogP contribution < -0.4 is 29.6 Å². The maximum atomic E-state index is 9.73. The standard InChI is InChI=1S/C4H8O4.Na.H2O/c1-2(5)3(6)4(7)8;;/h2-3,5-6H,1H3,(H,7,8);;1H2/q;+1;/t2-,3-;;/m1../s1. The average molecular weight is 161 g/mol. The number of aliphatic carboxylic acids is 1. The van der Waals surface area contributed by atoms with Crippen LogP contribution in [0.5, 0.6) is 0 Å². The molecule has 0 saturated heterocycles. The minimum atomic E-state index is -1.66. The number of hydrogen-bond acceptors (Lipinski definition) is 3. The molecule has 0 aromatic heterocycles. The molecule has 0 fully saturated rings. The Kier molecular flexibility index (Phi) is 12.5. The van der Waals surface area contributed by atoms with E-state index in [1.165, 1.54) is 6.92 Å². The zero-order valence-corrected chi connectivity index (χ0v) is 7.90. The van der Waals surface area contributed by atoms with Crippen molar-refractivity contribution in [2.45, 2.75) is 19.1 Å². The van der Waals surface area contributed by atoms with Crippen LogP contribution in [-0.2, 0) is 4.79 Å². The van der Waals surface area contributed by atoms with E-state index in [0.717, 1.165) is 0 Å². The molecule has 0 heterocycles. The van der Waals surface area contributed by atoms with Crippen LogP contribution in [0.2, 0.25) is 0 Å². The van der Waals surface area contributed by atoms with Crippen molar-refractivity contribution >= 4 is 5.97 Å². The van der Waals surface area contributed by atoms with Crippen molar-refractivity contribution in [2.75, 3.05) is 0 Å². The van der Waals surface area contributed by atoms with Crippen LogP contribution in [0.3, 0.4) is 0 Å². The summed E-state index contributed by atoms with van der Waals surface area (Å²) in [7, 11) is 0. The molecular formula is C4H10NaO5+. The van der Waals surface area contributed by atoms with Crippen LogP contribution in [-0.4, -0.2) is 39.0 Å². The van der Waals surface area contributed by atoms with Crippen molar-refractivity contribution in [3.05, 3.63) is 0 Å². The molecule has 2 atom stereocenters. The fourth-order valence-corrected chi connectivity index (χ4v) is 0.206. The fourth-order valence-electron chi connectivity index (χ4n) is 0.206. The van der Waals surface area contributed by atoms with Gasteiger partial charge in [0.2, 0.25) is 0 Å². The topological polar surface area (TPSA) is 109 Å². The molecule has 0 aliphatic rings. The number of carboxylic acids is 1. The van der Waals surface area contributed by atoms with E-state index in [2.05, 4.69) is 0 Å². The van der Waals surface area contributed by atoms with Crippen molar-refractivity contribution < 1.29 is 55.1 Å². The van der Waals surface area contributed by atoms with E-state index in [1.807, 2.05) is 0 Å². The number of aliphatic hydroxyl groups is 2. The number of hydrogen-bond donors (Lipinski definition) is 3. The smallest absolute Gasteiger partial charge is 0.479 e. The van der Waals surface area contributed by atoms with Gasteiger partial charge in [0.05, 0.1) is 6.10 Å². The van der Waals surface area contributed by atoms with Crippen LogP contribution in [0.4, 0.5) is 0 Å². The summed E-state index contributed by atoms with van der Waals surface area (Å²) in [6, 6.07) is 0. The Bertz CT molecular complexity index is 93.6. The molecule has 5 nitrogen and oxygen atoms in total. The molecule has 0 aromatic carbocycles. The van der Waals surface area contributed by atoms with Crippen LogP contribution >= 0.6 is 0 Å². The number of carboxylic acid groups (broad SMARTS) is 1. The number of aliphatic hydroxyl groups excluding tert-OH is 2. The van der Waals surface area contributed by atoms with E-state index in [1.54, 1.807) is 0 Å². The second-order valence-electron chi connectivity index (χ2n) is 1.52. The Morgan fingerprint density at radius 3 is 1.70 bits per heavy atom. The van der Waals surface area contributed by atoms with E-state index in [4.69, 9.17) is 15.3 Å². The summed E-state index contributed by atoms with van der Waals surface area (Å²) in [4.78, 5) is 9.73. The summed E-state index contributed by atoms with van der Waals surface area (Å²) in [6.07, 6.45) is -2.86. The van der Waals surface area contributed by atoms with Gasteiger partial charge in [-0.2, -0.15) is 0 Å². The monoisotopic (exact) mass is 161 g/mol. The van der Waals surface area contributed by atoms with E-state index < -0.39 is 18.2 Å². The molecule has 0 unspecified atom stereocenters. The molecule has 0 radical (unpaired) electrons. The molecule has 0 spiro atoms. The average Bonchev–Trinajstić information content (AvgIpc) is 1.64. The van der Waals surface area contributed by atoms with Crippen molar-refractivity contribution in [1.82, 2.24) is 0 Å². The maximum absolute atomic E-state index is 9.73. The van der Waals surface area contributed by atoms with Gasteiger partial charge in [-0.05, 0) is 6.92 Å². The molecular weight excluding hydrogens is 151 g/mol. The summed E-state index contributed by atoms with van der Waals surface area (Å²) in [5.41, 5.74) is 0. The van der Waals surface area contributed by atoms with Crippen molar-refractivity contribution in [3.63, 3.8) is 0 Å². The Hall–Kier alpha value is 0.350. The molecule has 6 heteroatoms. The summed E-state index contributed by atoms with van der Waals surface area (Å²) in [6.45, 7) is 1.21. The zero-order valence-electron chi connectivity index (χ0n) is 5.90. The molecule has 5 N–H and O–H groups in total. The van der Waals surface area contributed by atoms with Gasteiger partial charge in [0.15, 0.2) is 6.10 Å². The summed E-state index contributed by atoms with van der Waals surface area (Å²) >= 11 is 0. The first-order chi connectivity index (χ1) is 3.55. The quantitative estimate of drug-likeness (QED) is 0.352. The Balaban J connectivity index is -0.000000245. The minimum absolute atomic E-state index is 0. The van der Waals surface area contributed by atoms with Crippen LogP contribution in [0.1, 0.15) is 6.92 Å². The predicted octanol–water partition coefficient (Wildman–Crippen LogP) is -5.01. The Morgan fingerprint density at radius 2 is 1.70 bits per heavy atom. The first-order valence-electron chi connectivity index (χ1n) is 2.14. The molecule has 0 aliphatic carbocycles. The van der Waals surface area contributed by atoms with E-state index >= 15 is 0 Å². The minimum Gasteiger partial charge on any atom is -0.479 e. The summed E-state index contributed by atoms with van der Waals surface area (Å²) in [5.74, 6) is -1.40. The van der Waals surface area contributed by atoms with E-state index in [-0.39, 0.29) is 35.0 Å². The second kappa shape index (κ2) is 7.46. The Labute approximate surface area is 80.3 Å². The molecule has 0 rings (SSSR count). The molecule has 0 saturated carbocycles. The van der Waals surface area contributed by atoms with Gasteiger partial charge in [-0.3, -0.25) is 0 Å². The van der Waals surface area contributed by atoms with E-state index in [9.17, 15) is 4.79 Å². The number of rotatable bonds is 2. The largest absolute Gasteiger partial charge is 1.00 e. The predicted molar refractivity (Wildman–Crippen MR) is 28.9 cm³/mol. The van der Waals surface area contributed by atoms with Crippen LogP contribution in [0.15, 0.2) is 0 Å². The van der Waals surface area contributed by atoms with Crippen molar-refractivity contribution in [3.8, 4) is 0 Å². The van der Waals surface area contributed by atoms with Gasteiger partial charge in [-0.25, -0.2) is 4.79 Å². The molecule has 10 heavy (non-hydrogen) atoms. The third-order valence-corrected chi connectivity index (χ3v) is 0.710. The Morgan fingerprint density at radius 1 is 1.40 bits per heavy atom. The molecule has 0 amide bonds. The van der Waals surface area contributed by atoms with Gasteiger partial charge in [-0.1, -0.05) is 0 Å². The van der Waals surface area contributed by atoms with Gasteiger partial charge in [0.1, 0.15) is 0 Å². The van der Waals surface area contributed by atoms with Crippen molar-refractivity contribution in [1.29, 1.82) is 0 Å². The fraction of sp³-hybridized carbons (Fsp3) is 0.750. The van der Waals surface area contributed by atoms with Crippen molar-refractivity contribution in [2.24, 2.45) is 0 Å². The van der Waals surface area contributed by atoms with Crippen LogP contribution in [0, 0.1) is 0 Å². The SMILES string of the molecule is C[C@@H](O)[C@@H](O)C(=O)O.O.[Na+]. The first-order valence-corrected chi connectivity index (χ1v) is 2.14. The van der Waals surface area contributed by atoms with Gasteiger partial charge in [0.25, 0.3) is 0 Å². The summed E-state index contributed by atoms with van der Waals surface area (Å²) in [5, 5.41) is 24.7. The number of carbonyl (C=O) groups is 1. The molecule has 0 aliphatic heterocycles. The van der Waals surface area contributed by atoms with Gasteiger partial charge >= 0.3 is 35.5 Å². The van der Waals surface area contributed by atoms with E-state index in [0.29, 0.717) is 0 Å². The summed E-state index contributed by atoms with van der Waals surface area (Å²) < 4.78 is 0. The second-order valence-corrected chi connectivity index (χ2v) is 1.52. The van der Waals surface area contributed by atoms with Gasteiger partial charge < -0.3 is 20.8 Å². The molecule has 0 aromatic rings. The molecule has 0 bridgehead atoms.